The van der Waals surface area contributed by atoms with Crippen molar-refractivity contribution in [3.05, 3.63) is 20.7 Å². The summed E-state index contributed by atoms with van der Waals surface area (Å²) >= 11 is 4.72. The van der Waals surface area contributed by atoms with E-state index in [2.05, 4.69) is 9.97 Å². The monoisotopic (exact) mass is 264 g/mol. The van der Waals surface area contributed by atoms with E-state index < -0.39 is 23.3 Å². The Kier molecular flexibility index (Phi) is 4.24. The van der Waals surface area contributed by atoms with Gasteiger partial charge in [0.15, 0.2) is 10.7 Å². The second kappa shape index (κ2) is 5.48. The zero-order chi connectivity index (χ0) is 13.9. The van der Waals surface area contributed by atoms with Gasteiger partial charge < -0.3 is 10.1 Å². The first-order valence-corrected chi connectivity index (χ1v) is 5.67. The number of nitrogens with zero attached hydrogens (tertiary/aromatic N) is 2. The number of aromatic amines is 2. The second-order valence-corrected chi connectivity index (χ2v) is 4.58. The first kappa shape index (κ1) is 13.9. The Bertz CT molecular complexity index is 618. The molecule has 7 heteroatoms. The van der Waals surface area contributed by atoms with Gasteiger partial charge in [-0.15, -0.1) is 0 Å². The van der Waals surface area contributed by atoms with Crippen molar-refractivity contribution in [2.75, 3.05) is 0 Å². The van der Waals surface area contributed by atoms with Gasteiger partial charge in [0.25, 0.3) is 5.56 Å². The zero-order valence-electron chi connectivity index (χ0n) is 9.89. The van der Waals surface area contributed by atoms with Crippen molar-refractivity contribution in [1.82, 2.24) is 9.97 Å². The molecule has 1 aromatic heterocycles. The maximum Gasteiger partial charge on any atom is 0.259 e. The first-order chi connectivity index (χ1) is 8.42. The number of hydrogen-bond donors (Lipinski definition) is 3. The van der Waals surface area contributed by atoms with Gasteiger partial charge in [-0.05, 0) is 18.1 Å². The van der Waals surface area contributed by atoms with Crippen LogP contribution in [-0.2, 0) is 0 Å². The van der Waals surface area contributed by atoms with E-state index in [1.807, 2.05) is 12.1 Å². The molecule has 0 aromatic carbocycles. The van der Waals surface area contributed by atoms with E-state index in [-0.39, 0.29) is 16.3 Å². The van der Waals surface area contributed by atoms with Gasteiger partial charge in [0.2, 0.25) is 0 Å². The molecule has 0 saturated heterocycles. The quantitative estimate of drug-likeness (QED) is 0.716. The van der Waals surface area contributed by atoms with Gasteiger partial charge in [-0.1, -0.05) is 13.8 Å². The fourth-order valence-corrected chi connectivity index (χ4v) is 2.06. The third-order valence-electron chi connectivity index (χ3n) is 2.65. The summed E-state index contributed by atoms with van der Waals surface area (Å²) in [6.45, 7) is 3.54. The van der Waals surface area contributed by atoms with Crippen molar-refractivity contribution in [3.63, 3.8) is 0 Å². The minimum Gasteiger partial charge on any atom is -0.494 e. The summed E-state index contributed by atoms with van der Waals surface area (Å²) < 4.78 is -0.00535. The van der Waals surface area contributed by atoms with Crippen molar-refractivity contribution in [2.24, 2.45) is 11.8 Å². The molecule has 18 heavy (non-hydrogen) atoms. The Morgan fingerprint density at radius 3 is 2.22 bits per heavy atom. The average Bonchev–Trinajstić information content (AvgIpc) is 2.26. The van der Waals surface area contributed by atoms with Crippen LogP contribution in [0.4, 0.5) is 0 Å². The summed E-state index contributed by atoms with van der Waals surface area (Å²) in [6.07, 6.45) is 0. The van der Waals surface area contributed by atoms with Crippen molar-refractivity contribution in [2.45, 2.75) is 19.8 Å². The lowest BCUT2D eigenvalue weighted by Crippen LogP contribution is -2.25. The van der Waals surface area contributed by atoms with Crippen molar-refractivity contribution >= 4 is 12.2 Å². The van der Waals surface area contributed by atoms with Crippen LogP contribution >= 0.6 is 12.2 Å². The Morgan fingerprint density at radius 1 is 1.28 bits per heavy atom. The lowest BCUT2D eigenvalue weighted by atomic mass is 9.80. The molecule has 0 bridgehead atoms. The SMILES string of the molecule is CC(C)[C@@H](c1c(O)[nH]c(=S)[nH]c1=O)C(C#N)C#N. The molecule has 0 unspecified atom stereocenters. The Labute approximate surface area is 109 Å². The molecule has 3 N–H and O–H groups in total. The molecule has 0 aliphatic heterocycles. The fourth-order valence-electron chi connectivity index (χ4n) is 1.87. The number of hydrogen-bond acceptors (Lipinski definition) is 5. The molecule has 0 aliphatic carbocycles. The number of aromatic hydroxyl groups is 1. The van der Waals surface area contributed by atoms with Crippen LogP contribution in [0.1, 0.15) is 25.3 Å². The molecule has 0 fully saturated rings. The number of aromatic nitrogens is 2. The average molecular weight is 264 g/mol. The molecule has 1 aromatic rings. The predicted octanol–water partition coefficient (Wildman–Crippen LogP) is 1.54. The Morgan fingerprint density at radius 2 is 1.83 bits per heavy atom. The van der Waals surface area contributed by atoms with Crippen LogP contribution in [-0.4, -0.2) is 15.1 Å². The van der Waals surface area contributed by atoms with Crippen molar-refractivity contribution < 1.29 is 5.11 Å². The van der Waals surface area contributed by atoms with Crippen molar-refractivity contribution in [1.29, 1.82) is 10.5 Å². The third kappa shape index (κ3) is 2.58. The maximum atomic E-state index is 11.8. The lowest BCUT2D eigenvalue weighted by molar-refractivity contribution is 0.396. The van der Waals surface area contributed by atoms with Gasteiger partial charge >= 0.3 is 0 Å². The van der Waals surface area contributed by atoms with E-state index in [1.165, 1.54) is 0 Å². The van der Waals surface area contributed by atoms with Crippen molar-refractivity contribution in [3.8, 4) is 18.0 Å². The van der Waals surface area contributed by atoms with Crippen LogP contribution < -0.4 is 5.56 Å². The highest BCUT2D eigenvalue weighted by Gasteiger charge is 2.31. The lowest BCUT2D eigenvalue weighted by Gasteiger charge is -2.21. The maximum absolute atomic E-state index is 11.8. The topological polar surface area (TPSA) is 116 Å². The molecule has 0 saturated carbocycles. The molecular formula is C11H12N4O2S. The third-order valence-corrected chi connectivity index (χ3v) is 2.85. The largest absolute Gasteiger partial charge is 0.494 e. The predicted molar refractivity (Wildman–Crippen MR) is 66.2 cm³/mol. The standard InChI is InChI=1S/C11H12N4O2S/c1-5(2)7(6(3-12)4-13)8-9(16)14-11(18)15-10(8)17/h5-7H,1-2H3,(H3,14,15,16,17,18)/t7-/m1/s1. The minimum atomic E-state index is -1.01. The highest BCUT2D eigenvalue weighted by atomic mass is 32.1. The zero-order valence-corrected chi connectivity index (χ0v) is 10.7. The number of H-pyrrole nitrogens is 2. The van der Waals surface area contributed by atoms with E-state index >= 15 is 0 Å². The second-order valence-electron chi connectivity index (χ2n) is 4.18. The van der Waals surface area contributed by atoms with E-state index in [4.69, 9.17) is 22.7 Å². The molecule has 0 radical (unpaired) electrons. The smallest absolute Gasteiger partial charge is 0.259 e. The number of nitrogens with one attached hydrogen (secondary N) is 2. The van der Waals surface area contributed by atoms with E-state index in [9.17, 15) is 9.90 Å². The summed E-state index contributed by atoms with van der Waals surface area (Å²) in [5.41, 5.74) is -0.586. The van der Waals surface area contributed by atoms with E-state index in [0.29, 0.717) is 0 Å². The molecule has 1 atom stereocenters. The minimum absolute atomic E-state index is 0.00535. The number of nitriles is 2. The van der Waals surface area contributed by atoms with Crippen LogP contribution in [0, 0.1) is 39.3 Å². The van der Waals surface area contributed by atoms with Gasteiger partial charge in [0.1, 0.15) is 5.92 Å². The summed E-state index contributed by atoms with van der Waals surface area (Å²) in [5, 5.41) is 27.7. The fraction of sp³-hybridized carbons (Fsp3) is 0.455. The van der Waals surface area contributed by atoms with Crippen LogP contribution in [0.25, 0.3) is 0 Å². The van der Waals surface area contributed by atoms with Crippen LogP contribution in [0.2, 0.25) is 0 Å². The van der Waals surface area contributed by atoms with Gasteiger partial charge in [0.05, 0.1) is 17.7 Å². The molecular weight excluding hydrogens is 252 g/mol. The summed E-state index contributed by atoms with van der Waals surface area (Å²) in [6, 6.07) is 3.67. The Hall–Kier alpha value is -2.12. The molecule has 94 valence electrons. The molecule has 1 rings (SSSR count). The van der Waals surface area contributed by atoms with Crippen LogP contribution in [0.15, 0.2) is 4.79 Å². The first-order valence-electron chi connectivity index (χ1n) is 5.27. The van der Waals surface area contributed by atoms with Gasteiger partial charge in [0, 0.05) is 5.92 Å². The molecule has 0 spiro atoms. The van der Waals surface area contributed by atoms with Gasteiger partial charge in [-0.2, -0.15) is 10.5 Å². The molecule has 6 nitrogen and oxygen atoms in total. The summed E-state index contributed by atoms with van der Waals surface area (Å²) in [4.78, 5) is 16.6. The Balaban J connectivity index is 3.52. The highest BCUT2D eigenvalue weighted by Crippen LogP contribution is 2.33. The molecule has 0 aliphatic rings. The summed E-state index contributed by atoms with van der Waals surface area (Å²) in [7, 11) is 0. The van der Waals surface area contributed by atoms with E-state index in [0.717, 1.165) is 0 Å². The molecule has 1 heterocycles. The van der Waals surface area contributed by atoms with Crippen LogP contribution in [0.5, 0.6) is 5.88 Å². The highest BCUT2D eigenvalue weighted by molar-refractivity contribution is 7.71. The molecule has 0 amide bonds. The number of rotatable bonds is 3. The van der Waals surface area contributed by atoms with Gasteiger partial charge in [-0.3, -0.25) is 9.78 Å². The van der Waals surface area contributed by atoms with E-state index in [1.54, 1.807) is 13.8 Å². The summed E-state index contributed by atoms with van der Waals surface area (Å²) in [5.74, 6) is -2.25. The normalized spacial score (nSPS) is 12.1. The van der Waals surface area contributed by atoms with Crippen LogP contribution in [0.3, 0.4) is 0 Å². The van der Waals surface area contributed by atoms with Gasteiger partial charge in [-0.25, -0.2) is 0 Å².